The highest BCUT2D eigenvalue weighted by atomic mass is 16.5. The highest BCUT2D eigenvalue weighted by Gasteiger charge is 2.28. The molecule has 0 aromatic carbocycles. The summed E-state index contributed by atoms with van der Waals surface area (Å²) in [5.74, 6) is 2.25. The van der Waals surface area contributed by atoms with Gasteiger partial charge in [-0.25, -0.2) is 4.98 Å². The van der Waals surface area contributed by atoms with Gasteiger partial charge in [-0.15, -0.1) is 10.2 Å². The first-order valence-electron chi connectivity index (χ1n) is 8.65. The molecule has 0 spiro atoms. The number of ether oxygens (including phenoxy) is 1. The van der Waals surface area contributed by atoms with Crippen LogP contribution in [0.5, 0.6) is 0 Å². The predicted octanol–water partition coefficient (Wildman–Crippen LogP) is 1.77. The Hall–Kier alpha value is -2.22. The van der Waals surface area contributed by atoms with E-state index in [1.54, 1.807) is 0 Å². The molecule has 8 nitrogen and oxygen atoms in total. The normalized spacial score (nSPS) is 18.1. The Morgan fingerprint density at radius 2 is 2.20 bits per heavy atom. The van der Waals surface area contributed by atoms with Gasteiger partial charge in [-0.3, -0.25) is 4.79 Å². The van der Waals surface area contributed by atoms with E-state index in [4.69, 9.17) is 9.15 Å². The number of carbonyl (C=O) groups excluding carboxylic acids is 1. The summed E-state index contributed by atoms with van der Waals surface area (Å²) in [6.45, 7) is 7.57. The van der Waals surface area contributed by atoms with Crippen LogP contribution in [0.4, 0.5) is 0 Å². The number of aromatic nitrogens is 4. The fourth-order valence-electron chi connectivity index (χ4n) is 2.94. The third-order valence-electron chi connectivity index (χ3n) is 4.27. The third kappa shape index (κ3) is 4.07. The molecule has 0 saturated carbocycles. The van der Waals surface area contributed by atoms with Crippen molar-refractivity contribution in [3.8, 4) is 0 Å². The van der Waals surface area contributed by atoms with Gasteiger partial charge in [0.05, 0.1) is 18.8 Å². The van der Waals surface area contributed by atoms with Gasteiger partial charge in [-0.2, -0.15) is 0 Å². The summed E-state index contributed by atoms with van der Waals surface area (Å²) in [4.78, 5) is 18.9. The molecule has 3 heterocycles. The van der Waals surface area contributed by atoms with Gasteiger partial charge in [0.25, 0.3) is 0 Å². The van der Waals surface area contributed by atoms with Gasteiger partial charge in [0.15, 0.2) is 0 Å². The van der Waals surface area contributed by atoms with E-state index in [0.717, 1.165) is 11.5 Å². The van der Waals surface area contributed by atoms with Crippen molar-refractivity contribution in [2.24, 2.45) is 7.05 Å². The SMILES string of the molecule is Cc1cn(C)c(C2CN(C(=O)CCc3nnc(C(C)C)o3)CCO2)n1. The Morgan fingerprint density at radius 3 is 2.84 bits per heavy atom. The van der Waals surface area contributed by atoms with Gasteiger partial charge < -0.3 is 18.6 Å². The zero-order valence-electron chi connectivity index (χ0n) is 15.2. The third-order valence-corrected chi connectivity index (χ3v) is 4.27. The molecule has 3 rings (SSSR count). The summed E-state index contributed by atoms with van der Waals surface area (Å²) in [6, 6.07) is 0. The second-order valence-corrected chi connectivity index (χ2v) is 6.74. The zero-order chi connectivity index (χ0) is 18.0. The number of hydrogen-bond acceptors (Lipinski definition) is 6. The first-order valence-corrected chi connectivity index (χ1v) is 8.65. The van der Waals surface area contributed by atoms with Gasteiger partial charge in [-0.05, 0) is 6.92 Å². The summed E-state index contributed by atoms with van der Waals surface area (Å²) < 4.78 is 13.3. The molecule has 0 radical (unpaired) electrons. The number of aryl methyl sites for hydroxylation is 3. The van der Waals surface area contributed by atoms with Crippen LogP contribution in [-0.2, 0) is 23.0 Å². The minimum Gasteiger partial charge on any atom is -0.425 e. The van der Waals surface area contributed by atoms with Crippen molar-refractivity contribution in [3.63, 3.8) is 0 Å². The van der Waals surface area contributed by atoms with Crippen LogP contribution in [0.3, 0.4) is 0 Å². The van der Waals surface area contributed by atoms with Crippen LogP contribution < -0.4 is 0 Å². The van der Waals surface area contributed by atoms with Crippen LogP contribution in [0.15, 0.2) is 10.6 Å². The minimum atomic E-state index is -0.188. The summed E-state index contributed by atoms with van der Waals surface area (Å²) in [5.41, 5.74) is 0.946. The Balaban J connectivity index is 1.57. The van der Waals surface area contributed by atoms with E-state index < -0.39 is 0 Å². The molecular formula is C17H25N5O3. The lowest BCUT2D eigenvalue weighted by Gasteiger charge is -2.32. The Bertz CT molecular complexity index is 736. The second kappa shape index (κ2) is 7.35. The maximum Gasteiger partial charge on any atom is 0.223 e. The van der Waals surface area contributed by atoms with E-state index in [1.807, 2.05) is 43.5 Å². The first kappa shape index (κ1) is 17.6. The quantitative estimate of drug-likeness (QED) is 0.819. The molecule has 25 heavy (non-hydrogen) atoms. The van der Waals surface area contributed by atoms with Gasteiger partial charge >= 0.3 is 0 Å². The number of imidazole rings is 1. The lowest BCUT2D eigenvalue weighted by Crippen LogP contribution is -2.43. The van der Waals surface area contributed by atoms with Gasteiger partial charge in [0, 0.05) is 38.5 Å². The summed E-state index contributed by atoms with van der Waals surface area (Å²) in [7, 11) is 1.95. The van der Waals surface area contributed by atoms with Crippen LogP contribution in [0.25, 0.3) is 0 Å². The van der Waals surface area contributed by atoms with Crippen LogP contribution in [0.2, 0.25) is 0 Å². The average molecular weight is 347 g/mol. The summed E-state index contributed by atoms with van der Waals surface area (Å²) in [6.07, 6.45) is 2.59. The maximum absolute atomic E-state index is 12.5. The van der Waals surface area contributed by atoms with E-state index in [-0.39, 0.29) is 17.9 Å². The molecule has 0 N–H and O–H groups in total. The number of morpholine rings is 1. The average Bonchev–Trinajstić information content (AvgIpc) is 3.19. The number of carbonyl (C=O) groups is 1. The lowest BCUT2D eigenvalue weighted by atomic mass is 10.2. The lowest BCUT2D eigenvalue weighted by molar-refractivity contribution is -0.139. The van der Waals surface area contributed by atoms with Crippen molar-refractivity contribution in [1.82, 2.24) is 24.6 Å². The molecular weight excluding hydrogens is 322 g/mol. The van der Waals surface area contributed by atoms with Crippen molar-refractivity contribution in [1.29, 1.82) is 0 Å². The fourth-order valence-corrected chi connectivity index (χ4v) is 2.94. The maximum atomic E-state index is 12.5. The highest BCUT2D eigenvalue weighted by Crippen LogP contribution is 2.22. The molecule has 1 amide bonds. The summed E-state index contributed by atoms with van der Waals surface area (Å²) >= 11 is 0. The number of amides is 1. The highest BCUT2D eigenvalue weighted by molar-refractivity contribution is 5.76. The van der Waals surface area contributed by atoms with E-state index in [0.29, 0.717) is 44.3 Å². The second-order valence-electron chi connectivity index (χ2n) is 6.74. The van der Waals surface area contributed by atoms with E-state index in [2.05, 4.69) is 15.2 Å². The van der Waals surface area contributed by atoms with Gasteiger partial charge in [0.2, 0.25) is 17.7 Å². The van der Waals surface area contributed by atoms with Crippen LogP contribution in [0, 0.1) is 6.92 Å². The van der Waals surface area contributed by atoms with E-state index in [1.165, 1.54) is 0 Å². The Labute approximate surface area is 147 Å². The molecule has 1 saturated heterocycles. The standard InChI is InChI=1S/C17H25N5O3/c1-11(2)17-20-19-14(25-17)5-6-15(23)22-7-8-24-13(10-22)16-18-12(3)9-21(16)4/h9,11,13H,5-8,10H2,1-4H3. The Morgan fingerprint density at radius 1 is 1.40 bits per heavy atom. The van der Waals surface area contributed by atoms with E-state index in [9.17, 15) is 4.79 Å². The molecule has 136 valence electrons. The van der Waals surface area contributed by atoms with Crippen LogP contribution in [0.1, 0.15) is 55.6 Å². The number of rotatable bonds is 5. The Kier molecular flexibility index (Phi) is 5.17. The van der Waals surface area contributed by atoms with Crippen molar-refractivity contribution >= 4 is 5.91 Å². The molecule has 1 unspecified atom stereocenters. The summed E-state index contributed by atoms with van der Waals surface area (Å²) in [5, 5.41) is 8.00. The smallest absolute Gasteiger partial charge is 0.223 e. The molecule has 1 aliphatic rings. The predicted molar refractivity (Wildman–Crippen MR) is 89.9 cm³/mol. The van der Waals surface area contributed by atoms with Crippen LogP contribution >= 0.6 is 0 Å². The van der Waals surface area contributed by atoms with Crippen molar-refractivity contribution in [2.75, 3.05) is 19.7 Å². The molecule has 1 fully saturated rings. The fraction of sp³-hybridized carbons (Fsp3) is 0.647. The zero-order valence-corrected chi connectivity index (χ0v) is 15.2. The van der Waals surface area contributed by atoms with Gasteiger partial charge in [-0.1, -0.05) is 13.8 Å². The van der Waals surface area contributed by atoms with Crippen LogP contribution in [-0.4, -0.2) is 50.3 Å². The largest absolute Gasteiger partial charge is 0.425 e. The minimum absolute atomic E-state index is 0.0727. The molecule has 0 bridgehead atoms. The van der Waals surface area contributed by atoms with Gasteiger partial charge in [0.1, 0.15) is 11.9 Å². The monoisotopic (exact) mass is 347 g/mol. The molecule has 8 heteroatoms. The topological polar surface area (TPSA) is 86.3 Å². The number of nitrogens with zero attached hydrogens (tertiary/aromatic N) is 5. The van der Waals surface area contributed by atoms with Crippen molar-refractivity contribution in [2.45, 2.75) is 45.6 Å². The van der Waals surface area contributed by atoms with Crippen molar-refractivity contribution in [3.05, 3.63) is 29.5 Å². The molecule has 0 aliphatic carbocycles. The number of hydrogen-bond donors (Lipinski definition) is 0. The molecule has 1 aliphatic heterocycles. The molecule has 1 atom stereocenters. The van der Waals surface area contributed by atoms with E-state index >= 15 is 0 Å². The molecule has 2 aromatic heterocycles. The first-order chi connectivity index (χ1) is 11.9. The molecule has 2 aromatic rings. The van der Waals surface area contributed by atoms with Crippen molar-refractivity contribution < 1.29 is 13.9 Å².